The number of ether oxygens (including phenoxy) is 1. The number of carbonyl (C=O) groups excluding carboxylic acids is 1. The zero-order valence-corrected chi connectivity index (χ0v) is 12.0. The van der Waals surface area contributed by atoms with Crippen LogP contribution in [-0.4, -0.2) is 28.9 Å². The zero-order valence-electron chi connectivity index (χ0n) is 12.0. The number of esters is 1. The fourth-order valence-electron chi connectivity index (χ4n) is 2.54. The van der Waals surface area contributed by atoms with Crippen molar-refractivity contribution in [3.63, 3.8) is 0 Å². The minimum Gasteiger partial charge on any atom is -0.466 e. The first-order valence-corrected chi connectivity index (χ1v) is 7.17. The maximum Gasteiger partial charge on any atom is 0.312 e. The van der Waals surface area contributed by atoms with Gasteiger partial charge in [-0.2, -0.15) is 5.10 Å². The van der Waals surface area contributed by atoms with Gasteiger partial charge in [0.1, 0.15) is 5.82 Å². The number of aromatic nitrogens is 2. The molecular formula is C14H23N3O2. The molecule has 19 heavy (non-hydrogen) atoms. The Morgan fingerprint density at radius 3 is 2.89 bits per heavy atom. The second-order valence-corrected chi connectivity index (χ2v) is 4.98. The molecule has 1 atom stereocenters. The summed E-state index contributed by atoms with van der Waals surface area (Å²) in [5.41, 5.74) is 1.12. The second kappa shape index (κ2) is 6.08. The molecule has 106 valence electrons. The molecule has 1 aliphatic heterocycles. The third-order valence-electron chi connectivity index (χ3n) is 3.75. The summed E-state index contributed by atoms with van der Waals surface area (Å²) >= 11 is 0. The van der Waals surface area contributed by atoms with Crippen LogP contribution in [0.3, 0.4) is 0 Å². The van der Waals surface area contributed by atoms with Crippen LogP contribution in [0.25, 0.3) is 0 Å². The van der Waals surface area contributed by atoms with Gasteiger partial charge in [0.05, 0.1) is 24.8 Å². The molecule has 0 aliphatic carbocycles. The predicted octanol–water partition coefficient (Wildman–Crippen LogP) is 2.39. The Morgan fingerprint density at radius 1 is 1.53 bits per heavy atom. The molecule has 1 N–H and O–H groups in total. The topological polar surface area (TPSA) is 56.1 Å². The lowest BCUT2D eigenvalue weighted by atomic mass is 10.00. The van der Waals surface area contributed by atoms with Crippen molar-refractivity contribution in [2.24, 2.45) is 5.92 Å². The van der Waals surface area contributed by atoms with Crippen molar-refractivity contribution in [3.05, 3.63) is 11.8 Å². The first-order valence-electron chi connectivity index (χ1n) is 7.17. The monoisotopic (exact) mass is 265 g/mol. The number of rotatable bonds is 5. The first kappa shape index (κ1) is 13.9. The van der Waals surface area contributed by atoms with E-state index in [0.717, 1.165) is 24.4 Å². The minimum absolute atomic E-state index is 0.137. The maximum atomic E-state index is 11.8. The smallest absolute Gasteiger partial charge is 0.312 e. The number of fused-ring (bicyclic) bond motifs is 1. The zero-order chi connectivity index (χ0) is 13.8. The number of carbonyl (C=O) groups is 1. The molecule has 0 saturated carbocycles. The van der Waals surface area contributed by atoms with Gasteiger partial charge in [0.2, 0.25) is 0 Å². The summed E-state index contributed by atoms with van der Waals surface area (Å²) in [5, 5.41) is 7.91. The Labute approximate surface area is 114 Å². The summed E-state index contributed by atoms with van der Waals surface area (Å²) in [7, 11) is 0. The molecule has 1 aliphatic rings. The first-order chi connectivity index (χ1) is 9.19. The van der Waals surface area contributed by atoms with E-state index in [9.17, 15) is 4.79 Å². The van der Waals surface area contributed by atoms with Crippen molar-refractivity contribution in [3.8, 4) is 0 Å². The summed E-state index contributed by atoms with van der Waals surface area (Å²) in [4.78, 5) is 11.8. The third kappa shape index (κ3) is 2.91. The Kier molecular flexibility index (Phi) is 4.45. The Bertz CT molecular complexity index is 438. The van der Waals surface area contributed by atoms with Crippen LogP contribution < -0.4 is 5.32 Å². The quantitative estimate of drug-likeness (QED) is 0.831. The van der Waals surface area contributed by atoms with Gasteiger partial charge in [0.25, 0.3) is 0 Å². The Morgan fingerprint density at radius 2 is 2.26 bits per heavy atom. The number of nitrogens with zero attached hydrogens (tertiary/aromatic N) is 2. The molecule has 0 fully saturated rings. The average molecular weight is 265 g/mol. The summed E-state index contributed by atoms with van der Waals surface area (Å²) in [6.07, 6.45) is 2.18. The van der Waals surface area contributed by atoms with Gasteiger partial charge in [-0.15, -0.1) is 0 Å². The molecule has 2 heterocycles. The summed E-state index contributed by atoms with van der Waals surface area (Å²) in [5.74, 6) is 1.24. The van der Waals surface area contributed by atoms with E-state index in [-0.39, 0.29) is 11.9 Å². The van der Waals surface area contributed by atoms with Crippen LogP contribution in [0.15, 0.2) is 6.07 Å². The van der Waals surface area contributed by atoms with Crippen LogP contribution in [-0.2, 0) is 16.1 Å². The van der Waals surface area contributed by atoms with E-state index in [4.69, 9.17) is 4.74 Å². The van der Waals surface area contributed by atoms with Crippen LogP contribution in [0.1, 0.15) is 45.2 Å². The van der Waals surface area contributed by atoms with Gasteiger partial charge in [-0.25, -0.2) is 4.68 Å². The molecule has 1 aromatic rings. The molecule has 0 bridgehead atoms. The van der Waals surface area contributed by atoms with Crippen molar-refractivity contribution in [1.82, 2.24) is 9.78 Å². The van der Waals surface area contributed by atoms with Crippen molar-refractivity contribution in [2.45, 2.75) is 46.1 Å². The van der Waals surface area contributed by atoms with Crippen molar-refractivity contribution < 1.29 is 9.53 Å². The van der Waals surface area contributed by atoms with E-state index < -0.39 is 0 Å². The van der Waals surface area contributed by atoms with E-state index in [0.29, 0.717) is 25.6 Å². The highest BCUT2D eigenvalue weighted by Crippen LogP contribution is 2.27. The highest BCUT2D eigenvalue weighted by molar-refractivity contribution is 5.73. The summed E-state index contributed by atoms with van der Waals surface area (Å²) in [6, 6.07) is 2.11. The molecule has 0 aromatic carbocycles. The Hall–Kier alpha value is -1.52. The van der Waals surface area contributed by atoms with E-state index in [1.807, 2.05) is 11.6 Å². The highest BCUT2D eigenvalue weighted by atomic mass is 16.5. The molecule has 2 rings (SSSR count). The number of hydrogen-bond donors (Lipinski definition) is 1. The predicted molar refractivity (Wildman–Crippen MR) is 74.2 cm³/mol. The molecule has 1 unspecified atom stereocenters. The normalized spacial score (nSPS) is 18.0. The van der Waals surface area contributed by atoms with Crippen LogP contribution in [0.2, 0.25) is 0 Å². The van der Waals surface area contributed by atoms with Gasteiger partial charge in [-0.1, -0.05) is 13.8 Å². The molecule has 1 aromatic heterocycles. The van der Waals surface area contributed by atoms with Crippen LogP contribution in [0, 0.1) is 5.92 Å². The Balaban J connectivity index is 2.10. The van der Waals surface area contributed by atoms with Crippen LogP contribution >= 0.6 is 0 Å². The molecule has 0 radical (unpaired) electrons. The second-order valence-electron chi connectivity index (χ2n) is 4.98. The molecule has 5 heteroatoms. The number of anilines is 1. The van der Waals surface area contributed by atoms with Gasteiger partial charge in [-0.3, -0.25) is 4.79 Å². The van der Waals surface area contributed by atoms with E-state index in [1.165, 1.54) is 0 Å². The molecular weight excluding hydrogens is 242 g/mol. The van der Waals surface area contributed by atoms with Crippen molar-refractivity contribution in [1.29, 1.82) is 0 Å². The van der Waals surface area contributed by atoms with Gasteiger partial charge in [0, 0.05) is 18.5 Å². The van der Waals surface area contributed by atoms with Crippen molar-refractivity contribution in [2.75, 3.05) is 18.5 Å². The highest BCUT2D eigenvalue weighted by Gasteiger charge is 2.27. The SMILES string of the molecule is CCOC(=O)C1CNc2cc(C(CC)CC)nn2C1. The lowest BCUT2D eigenvalue weighted by molar-refractivity contribution is -0.148. The standard InChI is InChI=1S/C14H23N3O2/c1-4-10(5-2)12-7-13-15-8-11(9-17(13)16-12)14(18)19-6-3/h7,10-11,15H,4-6,8-9H2,1-3H3. The number of nitrogens with one attached hydrogen (secondary N) is 1. The van der Waals surface area contributed by atoms with Crippen LogP contribution in [0.5, 0.6) is 0 Å². The minimum atomic E-state index is -0.139. The van der Waals surface area contributed by atoms with E-state index >= 15 is 0 Å². The van der Waals surface area contributed by atoms with Gasteiger partial charge in [-0.05, 0) is 19.8 Å². The average Bonchev–Trinajstić information content (AvgIpc) is 2.83. The van der Waals surface area contributed by atoms with Gasteiger partial charge >= 0.3 is 5.97 Å². The fraction of sp³-hybridized carbons (Fsp3) is 0.714. The molecule has 0 saturated heterocycles. The fourth-order valence-corrected chi connectivity index (χ4v) is 2.54. The van der Waals surface area contributed by atoms with Gasteiger partial charge < -0.3 is 10.1 Å². The number of hydrogen-bond acceptors (Lipinski definition) is 4. The van der Waals surface area contributed by atoms with E-state index in [2.05, 4.69) is 30.3 Å². The van der Waals surface area contributed by atoms with E-state index in [1.54, 1.807) is 0 Å². The van der Waals surface area contributed by atoms with Crippen LogP contribution in [0.4, 0.5) is 5.82 Å². The lowest BCUT2D eigenvalue weighted by Gasteiger charge is -2.23. The summed E-state index contributed by atoms with van der Waals surface area (Å²) < 4.78 is 6.97. The van der Waals surface area contributed by atoms with Gasteiger partial charge in [0.15, 0.2) is 0 Å². The maximum absolute atomic E-state index is 11.8. The molecule has 5 nitrogen and oxygen atoms in total. The van der Waals surface area contributed by atoms with Crippen molar-refractivity contribution >= 4 is 11.8 Å². The lowest BCUT2D eigenvalue weighted by Crippen LogP contribution is -2.34. The largest absolute Gasteiger partial charge is 0.466 e. The summed E-state index contributed by atoms with van der Waals surface area (Å²) in [6.45, 7) is 7.87. The third-order valence-corrected chi connectivity index (χ3v) is 3.75. The molecule has 0 spiro atoms. The molecule has 0 amide bonds.